The standard InChI is InChI=1S/C26H27ClN4O4S/c1-34-25-13-6-17(14-22(25)27)16-28-26-30-23-12-9-20(15-24(23)31-26)35-36(32,33)21-10-7-19(8-11-21)29-18-4-2-3-5-18/h6-15,18,29H,2-5,16H2,1H3,(H2,28,30,31). The minimum Gasteiger partial charge on any atom is -0.495 e. The number of halogens is 1. The van der Waals surface area contributed by atoms with Crippen molar-refractivity contribution in [1.29, 1.82) is 0 Å². The summed E-state index contributed by atoms with van der Waals surface area (Å²) in [5.41, 5.74) is 3.20. The average Bonchev–Trinajstić information content (AvgIpc) is 3.52. The predicted molar refractivity (Wildman–Crippen MR) is 142 cm³/mol. The number of rotatable bonds is 9. The van der Waals surface area contributed by atoms with E-state index in [2.05, 4.69) is 20.6 Å². The van der Waals surface area contributed by atoms with Crippen LogP contribution >= 0.6 is 11.6 Å². The Morgan fingerprint density at radius 3 is 2.56 bits per heavy atom. The van der Waals surface area contributed by atoms with E-state index in [0.29, 0.717) is 40.3 Å². The number of H-pyrrole nitrogens is 1. The van der Waals surface area contributed by atoms with Gasteiger partial charge in [0.2, 0.25) is 5.95 Å². The number of aromatic nitrogens is 2. The van der Waals surface area contributed by atoms with Crippen molar-refractivity contribution in [3.63, 3.8) is 0 Å². The van der Waals surface area contributed by atoms with Gasteiger partial charge in [0, 0.05) is 24.3 Å². The van der Waals surface area contributed by atoms with Crippen molar-refractivity contribution >= 4 is 44.4 Å². The number of hydrogen-bond acceptors (Lipinski definition) is 7. The molecule has 0 bridgehead atoms. The highest BCUT2D eigenvalue weighted by Gasteiger charge is 2.19. The quantitative estimate of drug-likeness (QED) is 0.231. The molecule has 0 amide bonds. The molecule has 188 valence electrons. The Kier molecular flexibility index (Phi) is 6.93. The van der Waals surface area contributed by atoms with E-state index in [1.165, 1.54) is 12.8 Å². The molecule has 1 fully saturated rings. The lowest BCUT2D eigenvalue weighted by Gasteiger charge is -2.14. The third kappa shape index (κ3) is 5.52. The van der Waals surface area contributed by atoms with Gasteiger partial charge < -0.3 is 24.5 Å². The largest absolute Gasteiger partial charge is 0.495 e. The van der Waals surface area contributed by atoms with Crippen molar-refractivity contribution in [2.75, 3.05) is 17.7 Å². The highest BCUT2D eigenvalue weighted by Crippen LogP contribution is 2.27. The Hall–Kier alpha value is -3.43. The monoisotopic (exact) mass is 526 g/mol. The lowest BCUT2D eigenvalue weighted by atomic mass is 10.2. The zero-order valence-electron chi connectivity index (χ0n) is 19.8. The van der Waals surface area contributed by atoms with E-state index in [1.54, 1.807) is 49.6 Å². The van der Waals surface area contributed by atoms with E-state index in [-0.39, 0.29) is 10.6 Å². The summed E-state index contributed by atoms with van der Waals surface area (Å²) >= 11 is 6.19. The lowest BCUT2D eigenvalue weighted by molar-refractivity contribution is 0.415. The summed E-state index contributed by atoms with van der Waals surface area (Å²) < 4.78 is 36.2. The topological polar surface area (TPSA) is 105 Å². The fourth-order valence-corrected chi connectivity index (χ4v) is 5.53. The Balaban J connectivity index is 1.25. The van der Waals surface area contributed by atoms with E-state index in [0.717, 1.165) is 24.1 Å². The van der Waals surface area contributed by atoms with Gasteiger partial charge in [-0.15, -0.1) is 0 Å². The fraction of sp³-hybridized carbons (Fsp3) is 0.269. The summed E-state index contributed by atoms with van der Waals surface area (Å²) in [5, 5.41) is 7.20. The van der Waals surface area contributed by atoms with Crippen molar-refractivity contribution in [3.8, 4) is 11.5 Å². The summed E-state index contributed by atoms with van der Waals surface area (Å²) in [6, 6.07) is 17.6. The van der Waals surface area contributed by atoms with Crippen LogP contribution in [0.3, 0.4) is 0 Å². The molecule has 4 aromatic rings. The summed E-state index contributed by atoms with van der Waals surface area (Å²) in [6.07, 6.45) is 4.75. The van der Waals surface area contributed by atoms with Gasteiger partial charge in [-0.25, -0.2) is 4.98 Å². The molecule has 1 saturated carbocycles. The predicted octanol–water partition coefficient (Wildman–Crippen LogP) is 5.96. The molecule has 0 spiro atoms. The molecule has 0 aliphatic heterocycles. The molecule has 0 atom stereocenters. The van der Waals surface area contributed by atoms with Gasteiger partial charge in [0.1, 0.15) is 16.4 Å². The Labute approximate surface area is 215 Å². The van der Waals surface area contributed by atoms with E-state index < -0.39 is 10.1 Å². The van der Waals surface area contributed by atoms with Crippen LogP contribution in [0.2, 0.25) is 5.02 Å². The van der Waals surface area contributed by atoms with Crippen molar-refractivity contribution in [2.24, 2.45) is 0 Å². The molecule has 3 aromatic carbocycles. The number of fused-ring (bicyclic) bond motifs is 1. The molecule has 1 aliphatic rings. The maximum atomic E-state index is 12.8. The molecular weight excluding hydrogens is 500 g/mol. The Morgan fingerprint density at radius 1 is 1.06 bits per heavy atom. The summed E-state index contributed by atoms with van der Waals surface area (Å²) in [5.74, 6) is 1.36. The van der Waals surface area contributed by atoms with Crippen molar-refractivity contribution in [3.05, 3.63) is 71.2 Å². The molecule has 10 heteroatoms. The molecule has 8 nitrogen and oxygen atoms in total. The second kappa shape index (κ2) is 10.3. The number of aromatic amines is 1. The first-order valence-corrected chi connectivity index (χ1v) is 13.6. The molecule has 5 rings (SSSR count). The third-order valence-corrected chi connectivity index (χ3v) is 7.76. The molecule has 36 heavy (non-hydrogen) atoms. The average molecular weight is 527 g/mol. The Bertz CT molecular complexity index is 1470. The van der Waals surface area contributed by atoms with Gasteiger partial charge in [0.05, 0.1) is 23.2 Å². The zero-order valence-corrected chi connectivity index (χ0v) is 21.3. The van der Waals surface area contributed by atoms with Gasteiger partial charge in [-0.3, -0.25) is 0 Å². The first-order valence-electron chi connectivity index (χ1n) is 11.8. The maximum absolute atomic E-state index is 12.8. The molecule has 0 saturated heterocycles. The van der Waals surface area contributed by atoms with Crippen LogP contribution in [0.15, 0.2) is 65.6 Å². The van der Waals surface area contributed by atoms with Crippen molar-refractivity contribution < 1.29 is 17.3 Å². The van der Waals surface area contributed by atoms with Crippen molar-refractivity contribution in [2.45, 2.75) is 43.2 Å². The van der Waals surface area contributed by atoms with Gasteiger partial charge in [0.25, 0.3) is 0 Å². The molecule has 0 radical (unpaired) electrons. The van der Waals surface area contributed by atoms with E-state index in [4.69, 9.17) is 20.5 Å². The summed E-state index contributed by atoms with van der Waals surface area (Å²) in [4.78, 5) is 7.74. The number of hydrogen-bond donors (Lipinski definition) is 3. The minimum atomic E-state index is -3.98. The van der Waals surface area contributed by atoms with E-state index in [9.17, 15) is 8.42 Å². The number of methoxy groups -OCH3 is 1. The first-order chi connectivity index (χ1) is 17.4. The number of ether oxygens (including phenoxy) is 1. The number of benzene rings is 3. The fourth-order valence-electron chi connectivity index (χ4n) is 4.33. The van der Waals surface area contributed by atoms with Gasteiger partial charge >= 0.3 is 10.1 Å². The van der Waals surface area contributed by atoms with Gasteiger partial charge in [-0.1, -0.05) is 30.5 Å². The summed E-state index contributed by atoms with van der Waals surface area (Å²) in [6.45, 7) is 0.493. The second-order valence-corrected chi connectivity index (χ2v) is 10.7. The maximum Gasteiger partial charge on any atom is 0.339 e. The zero-order chi connectivity index (χ0) is 25.1. The first kappa shape index (κ1) is 24.3. The Morgan fingerprint density at radius 2 is 1.83 bits per heavy atom. The van der Waals surface area contributed by atoms with Gasteiger partial charge in [0.15, 0.2) is 0 Å². The molecule has 3 N–H and O–H groups in total. The smallest absolute Gasteiger partial charge is 0.339 e. The van der Waals surface area contributed by atoms with Crippen LogP contribution in [0.25, 0.3) is 11.0 Å². The summed E-state index contributed by atoms with van der Waals surface area (Å²) in [7, 11) is -2.40. The SMILES string of the molecule is COc1ccc(CNc2nc3ccc(OS(=O)(=O)c4ccc(NC5CCCC5)cc4)cc3[nH]2)cc1Cl. The van der Waals surface area contributed by atoms with Crippen LogP contribution in [0.5, 0.6) is 11.5 Å². The normalized spacial score (nSPS) is 14.2. The van der Waals surface area contributed by atoms with Crippen LogP contribution < -0.4 is 19.6 Å². The number of anilines is 2. The number of nitrogens with zero attached hydrogens (tertiary/aromatic N) is 1. The highest BCUT2D eigenvalue weighted by molar-refractivity contribution is 7.87. The number of imidazole rings is 1. The molecule has 1 aliphatic carbocycles. The van der Waals surface area contributed by atoms with E-state index >= 15 is 0 Å². The van der Waals surface area contributed by atoms with Gasteiger partial charge in [-0.2, -0.15) is 8.42 Å². The minimum absolute atomic E-state index is 0.102. The van der Waals surface area contributed by atoms with Crippen LogP contribution in [0.4, 0.5) is 11.6 Å². The van der Waals surface area contributed by atoms with Crippen molar-refractivity contribution in [1.82, 2.24) is 9.97 Å². The lowest BCUT2D eigenvalue weighted by Crippen LogP contribution is -2.14. The second-order valence-electron chi connectivity index (χ2n) is 8.77. The van der Waals surface area contributed by atoms with Crippen LogP contribution in [0.1, 0.15) is 31.2 Å². The molecule has 0 unspecified atom stereocenters. The molecule has 1 heterocycles. The third-order valence-electron chi connectivity index (χ3n) is 6.20. The molecular formula is C26H27ClN4O4S. The van der Waals surface area contributed by atoms with Gasteiger partial charge in [-0.05, 0) is 66.9 Å². The van der Waals surface area contributed by atoms with Crippen LogP contribution in [-0.4, -0.2) is 31.5 Å². The molecule has 1 aromatic heterocycles. The number of nitrogens with one attached hydrogen (secondary N) is 3. The van der Waals surface area contributed by atoms with E-state index in [1.807, 2.05) is 18.2 Å². The van der Waals surface area contributed by atoms with Crippen LogP contribution in [0, 0.1) is 0 Å². The van der Waals surface area contributed by atoms with Crippen LogP contribution in [-0.2, 0) is 16.7 Å². The highest BCUT2D eigenvalue weighted by atomic mass is 35.5.